The molecule has 3 heteroatoms. The third kappa shape index (κ3) is 6.16. The third-order valence-electron chi connectivity index (χ3n) is 1.39. The van der Waals surface area contributed by atoms with E-state index in [4.69, 9.17) is 4.74 Å². The summed E-state index contributed by atoms with van der Waals surface area (Å²) in [6, 6.07) is 0.209. The second-order valence-corrected chi connectivity index (χ2v) is 3.20. The summed E-state index contributed by atoms with van der Waals surface area (Å²) in [4.78, 5) is 11.1. The first-order valence-corrected chi connectivity index (χ1v) is 4.49. The largest absolute Gasteiger partial charge is 0.463 e. The van der Waals surface area contributed by atoms with Crippen molar-refractivity contribution in [1.82, 2.24) is 5.32 Å². The van der Waals surface area contributed by atoms with Gasteiger partial charge in [-0.1, -0.05) is 6.92 Å². The van der Waals surface area contributed by atoms with Crippen LogP contribution in [0.5, 0.6) is 0 Å². The van der Waals surface area contributed by atoms with Gasteiger partial charge in [-0.3, -0.25) is 4.79 Å². The Morgan fingerprint density at radius 1 is 1.42 bits per heavy atom. The number of carbonyl (C=O) groups is 1. The summed E-state index contributed by atoms with van der Waals surface area (Å²) in [5, 5.41) is 3.15. The highest BCUT2D eigenvalue weighted by molar-refractivity contribution is 5.70. The number of hydrogen-bond acceptors (Lipinski definition) is 3. The maximum Gasteiger partial charge on any atom is 0.307 e. The summed E-state index contributed by atoms with van der Waals surface area (Å²) in [7, 11) is 0. The zero-order valence-corrected chi connectivity index (χ0v) is 8.39. The Kier molecular flexibility index (Phi) is 5.72. The van der Waals surface area contributed by atoms with Gasteiger partial charge in [0.1, 0.15) is 0 Å². The predicted octanol–water partition coefficient (Wildman–Crippen LogP) is 1.33. The highest BCUT2D eigenvalue weighted by Crippen LogP contribution is 1.97. The number of hydrogen-bond donors (Lipinski definition) is 1. The summed E-state index contributed by atoms with van der Waals surface area (Å²) < 4.78 is 4.99. The lowest BCUT2D eigenvalue weighted by Gasteiger charge is -2.12. The molecular weight excluding hydrogens is 154 g/mol. The quantitative estimate of drug-likeness (QED) is 0.637. The molecule has 1 unspecified atom stereocenters. The van der Waals surface area contributed by atoms with Gasteiger partial charge in [-0.25, -0.2) is 0 Å². The highest BCUT2D eigenvalue weighted by atomic mass is 16.5. The average Bonchev–Trinajstić information content (AvgIpc) is 1.84. The molecule has 3 nitrogen and oxygen atoms in total. The lowest BCUT2D eigenvalue weighted by Crippen LogP contribution is -2.29. The molecule has 0 heterocycles. The van der Waals surface area contributed by atoms with Gasteiger partial charge < -0.3 is 10.1 Å². The topological polar surface area (TPSA) is 38.3 Å². The Hall–Kier alpha value is -0.570. The van der Waals surface area contributed by atoms with E-state index in [0.717, 1.165) is 6.54 Å². The SMILES string of the molecule is CCNC(C)CC(=O)OC(C)C. The Morgan fingerprint density at radius 2 is 2.00 bits per heavy atom. The van der Waals surface area contributed by atoms with Crippen LogP contribution >= 0.6 is 0 Å². The van der Waals surface area contributed by atoms with Gasteiger partial charge in [-0.05, 0) is 27.3 Å². The molecule has 0 saturated heterocycles. The van der Waals surface area contributed by atoms with E-state index in [1.54, 1.807) is 0 Å². The molecule has 0 aromatic rings. The molecule has 0 bridgehead atoms. The number of carbonyl (C=O) groups excluding carboxylic acids is 1. The Labute approximate surface area is 74.5 Å². The number of rotatable bonds is 5. The van der Waals surface area contributed by atoms with Crippen molar-refractivity contribution in [2.45, 2.75) is 46.3 Å². The second kappa shape index (κ2) is 6.00. The zero-order chi connectivity index (χ0) is 9.56. The molecule has 1 N–H and O–H groups in total. The molecule has 0 saturated carbocycles. The van der Waals surface area contributed by atoms with Gasteiger partial charge in [0.05, 0.1) is 12.5 Å². The fraction of sp³-hybridized carbons (Fsp3) is 0.889. The zero-order valence-electron chi connectivity index (χ0n) is 8.39. The fourth-order valence-corrected chi connectivity index (χ4v) is 0.982. The highest BCUT2D eigenvalue weighted by Gasteiger charge is 2.09. The van der Waals surface area contributed by atoms with Gasteiger partial charge >= 0.3 is 5.97 Å². The average molecular weight is 173 g/mol. The molecule has 12 heavy (non-hydrogen) atoms. The van der Waals surface area contributed by atoms with E-state index < -0.39 is 0 Å². The van der Waals surface area contributed by atoms with E-state index >= 15 is 0 Å². The summed E-state index contributed by atoms with van der Waals surface area (Å²) in [6.45, 7) is 8.59. The summed E-state index contributed by atoms with van der Waals surface area (Å²) in [5.41, 5.74) is 0. The monoisotopic (exact) mass is 173 g/mol. The molecule has 0 radical (unpaired) electrons. The van der Waals surface area contributed by atoms with E-state index in [1.807, 2.05) is 27.7 Å². The van der Waals surface area contributed by atoms with Crippen LogP contribution in [-0.2, 0) is 9.53 Å². The van der Waals surface area contributed by atoms with Crippen molar-refractivity contribution < 1.29 is 9.53 Å². The molecule has 0 aromatic heterocycles. The van der Waals surface area contributed by atoms with Crippen LogP contribution in [0, 0.1) is 0 Å². The molecule has 0 aliphatic heterocycles. The minimum Gasteiger partial charge on any atom is -0.463 e. The van der Waals surface area contributed by atoms with Gasteiger partial charge in [0.2, 0.25) is 0 Å². The van der Waals surface area contributed by atoms with Crippen LogP contribution < -0.4 is 5.32 Å². The molecular formula is C9H19NO2. The van der Waals surface area contributed by atoms with Gasteiger partial charge in [0.15, 0.2) is 0 Å². The van der Waals surface area contributed by atoms with Crippen molar-refractivity contribution in [2.24, 2.45) is 0 Å². The first-order chi connectivity index (χ1) is 5.56. The standard InChI is InChI=1S/C9H19NO2/c1-5-10-8(4)6-9(11)12-7(2)3/h7-8,10H,5-6H2,1-4H3. The minimum absolute atomic E-state index is 0.00803. The molecule has 0 amide bonds. The van der Waals surface area contributed by atoms with Crippen LogP contribution in [0.2, 0.25) is 0 Å². The van der Waals surface area contributed by atoms with Gasteiger partial charge in [-0.15, -0.1) is 0 Å². The lowest BCUT2D eigenvalue weighted by atomic mass is 10.2. The van der Waals surface area contributed by atoms with Crippen LogP contribution in [0.4, 0.5) is 0 Å². The normalized spacial score (nSPS) is 13.1. The minimum atomic E-state index is -0.126. The second-order valence-electron chi connectivity index (χ2n) is 3.20. The van der Waals surface area contributed by atoms with Gasteiger partial charge in [0.25, 0.3) is 0 Å². The predicted molar refractivity (Wildman–Crippen MR) is 49.0 cm³/mol. The molecule has 0 spiro atoms. The van der Waals surface area contributed by atoms with E-state index in [2.05, 4.69) is 5.32 Å². The van der Waals surface area contributed by atoms with Crippen LogP contribution in [-0.4, -0.2) is 24.7 Å². The summed E-state index contributed by atoms with van der Waals surface area (Å²) in [5.74, 6) is -0.126. The van der Waals surface area contributed by atoms with Crippen molar-refractivity contribution in [3.05, 3.63) is 0 Å². The van der Waals surface area contributed by atoms with Gasteiger partial charge in [0, 0.05) is 6.04 Å². The molecule has 0 rings (SSSR count). The van der Waals surface area contributed by atoms with E-state index in [9.17, 15) is 4.79 Å². The van der Waals surface area contributed by atoms with Crippen LogP contribution in [0.25, 0.3) is 0 Å². The first-order valence-electron chi connectivity index (χ1n) is 4.49. The fourth-order valence-electron chi connectivity index (χ4n) is 0.982. The van der Waals surface area contributed by atoms with Crippen LogP contribution in [0.15, 0.2) is 0 Å². The number of nitrogens with one attached hydrogen (secondary N) is 1. The van der Waals surface area contributed by atoms with E-state index in [1.165, 1.54) is 0 Å². The maximum absolute atomic E-state index is 11.1. The Morgan fingerprint density at radius 3 is 2.42 bits per heavy atom. The molecule has 0 aliphatic rings. The van der Waals surface area contributed by atoms with Crippen molar-refractivity contribution in [1.29, 1.82) is 0 Å². The summed E-state index contributed by atoms with van der Waals surface area (Å²) in [6.07, 6.45) is 0.442. The lowest BCUT2D eigenvalue weighted by molar-refractivity contribution is -0.147. The summed E-state index contributed by atoms with van der Waals surface area (Å²) >= 11 is 0. The maximum atomic E-state index is 11.1. The molecule has 0 aliphatic carbocycles. The molecule has 1 atom stereocenters. The van der Waals surface area contributed by atoms with Gasteiger partial charge in [-0.2, -0.15) is 0 Å². The van der Waals surface area contributed by atoms with Crippen molar-refractivity contribution in [2.75, 3.05) is 6.54 Å². The van der Waals surface area contributed by atoms with Crippen molar-refractivity contribution >= 4 is 5.97 Å². The van der Waals surface area contributed by atoms with Crippen molar-refractivity contribution in [3.63, 3.8) is 0 Å². The van der Waals surface area contributed by atoms with Crippen LogP contribution in [0.3, 0.4) is 0 Å². The van der Waals surface area contributed by atoms with Crippen molar-refractivity contribution in [3.8, 4) is 0 Å². The van der Waals surface area contributed by atoms with Crippen LogP contribution in [0.1, 0.15) is 34.1 Å². The Bertz CT molecular complexity index is 134. The van der Waals surface area contributed by atoms with E-state index in [0.29, 0.717) is 6.42 Å². The van der Waals surface area contributed by atoms with E-state index in [-0.39, 0.29) is 18.1 Å². The first kappa shape index (κ1) is 11.4. The number of esters is 1. The third-order valence-corrected chi connectivity index (χ3v) is 1.39. The number of ether oxygens (including phenoxy) is 1. The molecule has 0 aromatic carbocycles. The molecule has 72 valence electrons. The smallest absolute Gasteiger partial charge is 0.307 e. The Balaban J connectivity index is 3.54. The molecule has 0 fully saturated rings.